The fraction of sp³-hybridized carbons (Fsp3) is 0.538. The molecule has 1 heterocycles. The van der Waals surface area contributed by atoms with Crippen LogP contribution in [0.3, 0.4) is 0 Å². The molecular formula is C13H20N2O5. The number of carboxylic acids is 1. The predicted molar refractivity (Wildman–Crippen MR) is 71.4 cm³/mol. The Morgan fingerprint density at radius 1 is 1.15 bits per heavy atom. The van der Waals surface area contributed by atoms with Crippen molar-refractivity contribution >= 4 is 23.7 Å². The minimum absolute atomic E-state index is 0.0131. The van der Waals surface area contributed by atoms with Gasteiger partial charge >= 0.3 is 5.97 Å². The highest BCUT2D eigenvalue weighted by Crippen LogP contribution is 2.03. The quantitative estimate of drug-likeness (QED) is 0.519. The SMILES string of the molecule is CCCCCC(=O)O.NC(=O)CCN1C(=O)C=CC1=O. The first-order valence-electron chi connectivity index (χ1n) is 6.42. The van der Waals surface area contributed by atoms with Crippen molar-refractivity contribution in [1.82, 2.24) is 4.90 Å². The van der Waals surface area contributed by atoms with Gasteiger partial charge in [0.25, 0.3) is 11.8 Å². The smallest absolute Gasteiger partial charge is 0.303 e. The van der Waals surface area contributed by atoms with Crippen LogP contribution in [-0.4, -0.2) is 40.2 Å². The van der Waals surface area contributed by atoms with E-state index in [0.717, 1.165) is 24.2 Å². The van der Waals surface area contributed by atoms with E-state index in [1.165, 1.54) is 12.2 Å². The summed E-state index contributed by atoms with van der Waals surface area (Å²) in [6, 6.07) is 0. The number of hydrogen-bond donors (Lipinski definition) is 2. The molecule has 1 aliphatic heterocycles. The first-order valence-corrected chi connectivity index (χ1v) is 6.42. The van der Waals surface area contributed by atoms with Gasteiger partial charge in [-0.15, -0.1) is 0 Å². The average molecular weight is 284 g/mol. The van der Waals surface area contributed by atoms with E-state index in [-0.39, 0.29) is 24.8 Å². The molecule has 3 amide bonds. The van der Waals surface area contributed by atoms with Gasteiger partial charge in [-0.1, -0.05) is 19.8 Å². The second-order valence-corrected chi connectivity index (χ2v) is 4.23. The number of carbonyl (C=O) groups is 4. The highest BCUT2D eigenvalue weighted by Gasteiger charge is 2.22. The number of carboxylic acid groups (broad SMARTS) is 1. The zero-order valence-corrected chi connectivity index (χ0v) is 11.5. The highest BCUT2D eigenvalue weighted by atomic mass is 16.4. The Bertz CT molecular complexity index is 386. The molecular weight excluding hydrogens is 264 g/mol. The van der Waals surface area contributed by atoms with Gasteiger partial charge in [-0.3, -0.25) is 24.1 Å². The molecule has 1 rings (SSSR count). The van der Waals surface area contributed by atoms with E-state index < -0.39 is 11.9 Å². The summed E-state index contributed by atoms with van der Waals surface area (Å²) in [7, 11) is 0. The van der Waals surface area contributed by atoms with Crippen LogP contribution in [0.5, 0.6) is 0 Å². The lowest BCUT2D eigenvalue weighted by Crippen LogP contribution is -2.33. The Labute approximate surface area is 117 Å². The van der Waals surface area contributed by atoms with Crippen molar-refractivity contribution in [3.05, 3.63) is 12.2 Å². The Morgan fingerprint density at radius 2 is 1.70 bits per heavy atom. The third-order valence-corrected chi connectivity index (χ3v) is 2.48. The molecule has 0 saturated heterocycles. The lowest BCUT2D eigenvalue weighted by molar-refractivity contribution is -0.138. The minimum Gasteiger partial charge on any atom is -0.481 e. The molecule has 1 aliphatic rings. The summed E-state index contributed by atoms with van der Waals surface area (Å²) in [5.41, 5.74) is 4.85. The number of hydrogen-bond acceptors (Lipinski definition) is 4. The molecule has 0 spiro atoms. The standard InChI is InChI=1S/C7H8N2O3.C6H12O2/c8-5(10)3-4-9-6(11)1-2-7(9)12;1-2-3-4-5-6(7)8/h1-2H,3-4H2,(H2,8,10);2-5H2,1H3,(H,7,8). The van der Waals surface area contributed by atoms with Crippen molar-refractivity contribution in [2.24, 2.45) is 5.73 Å². The number of amides is 3. The maximum absolute atomic E-state index is 10.9. The van der Waals surface area contributed by atoms with Gasteiger partial charge in [0.05, 0.1) is 0 Å². The van der Waals surface area contributed by atoms with Gasteiger partial charge in [0.1, 0.15) is 0 Å². The van der Waals surface area contributed by atoms with Crippen LogP contribution in [0.1, 0.15) is 39.0 Å². The lowest BCUT2D eigenvalue weighted by Gasteiger charge is -2.11. The van der Waals surface area contributed by atoms with E-state index in [4.69, 9.17) is 10.8 Å². The van der Waals surface area contributed by atoms with Gasteiger partial charge in [0.15, 0.2) is 0 Å². The van der Waals surface area contributed by atoms with Crippen LogP contribution in [0.2, 0.25) is 0 Å². The number of nitrogens with zero attached hydrogens (tertiary/aromatic N) is 1. The van der Waals surface area contributed by atoms with E-state index >= 15 is 0 Å². The molecule has 0 fully saturated rings. The summed E-state index contributed by atoms with van der Waals surface area (Å²) in [6.07, 6.45) is 5.63. The number of aliphatic carboxylic acids is 1. The van der Waals surface area contributed by atoms with Crippen LogP contribution in [-0.2, 0) is 19.2 Å². The van der Waals surface area contributed by atoms with Crippen molar-refractivity contribution in [3.63, 3.8) is 0 Å². The number of rotatable bonds is 7. The fourth-order valence-corrected chi connectivity index (χ4v) is 1.40. The minimum atomic E-state index is -0.682. The number of primary amides is 1. The first kappa shape index (κ1) is 17.8. The third kappa shape index (κ3) is 8.02. The van der Waals surface area contributed by atoms with Gasteiger partial charge in [-0.05, 0) is 6.42 Å². The number of carbonyl (C=O) groups excluding carboxylic acids is 3. The second kappa shape index (κ2) is 9.71. The van der Waals surface area contributed by atoms with Gasteiger partial charge in [-0.25, -0.2) is 0 Å². The molecule has 0 radical (unpaired) electrons. The number of unbranched alkanes of at least 4 members (excludes halogenated alkanes) is 2. The van der Waals surface area contributed by atoms with Crippen LogP contribution >= 0.6 is 0 Å². The Kier molecular flexibility index (Phi) is 8.65. The Balaban J connectivity index is 0.000000396. The maximum Gasteiger partial charge on any atom is 0.303 e. The van der Waals surface area contributed by atoms with Crippen LogP contribution in [0.15, 0.2) is 12.2 Å². The third-order valence-electron chi connectivity index (χ3n) is 2.48. The zero-order chi connectivity index (χ0) is 15.5. The molecule has 7 nitrogen and oxygen atoms in total. The first-order chi connectivity index (χ1) is 9.38. The predicted octanol–water partition coefficient (Wildman–Crippen LogP) is 0.438. The molecule has 0 aromatic heterocycles. The van der Waals surface area contributed by atoms with E-state index in [9.17, 15) is 19.2 Å². The largest absolute Gasteiger partial charge is 0.481 e. The molecule has 20 heavy (non-hydrogen) atoms. The molecule has 0 aliphatic carbocycles. The van der Waals surface area contributed by atoms with Crippen molar-refractivity contribution in [3.8, 4) is 0 Å². The average Bonchev–Trinajstić information content (AvgIpc) is 2.67. The Hall–Kier alpha value is -2.18. The van der Waals surface area contributed by atoms with Gasteiger partial charge in [0.2, 0.25) is 5.91 Å². The molecule has 0 aromatic carbocycles. The van der Waals surface area contributed by atoms with E-state index in [1.807, 2.05) is 0 Å². The van der Waals surface area contributed by atoms with Gasteiger partial charge < -0.3 is 10.8 Å². The van der Waals surface area contributed by atoms with E-state index in [1.54, 1.807) is 0 Å². The van der Waals surface area contributed by atoms with Crippen molar-refractivity contribution in [2.75, 3.05) is 6.54 Å². The topological polar surface area (TPSA) is 118 Å². The fourth-order valence-electron chi connectivity index (χ4n) is 1.40. The Morgan fingerprint density at radius 3 is 2.10 bits per heavy atom. The lowest BCUT2D eigenvalue weighted by atomic mass is 10.2. The summed E-state index contributed by atoms with van der Waals surface area (Å²) in [5, 5.41) is 8.14. The molecule has 0 saturated carbocycles. The zero-order valence-electron chi connectivity index (χ0n) is 11.5. The van der Waals surface area contributed by atoms with Crippen molar-refractivity contribution in [2.45, 2.75) is 39.0 Å². The van der Waals surface area contributed by atoms with E-state index in [0.29, 0.717) is 6.42 Å². The van der Waals surface area contributed by atoms with Crippen LogP contribution in [0.4, 0.5) is 0 Å². The molecule has 0 bridgehead atoms. The molecule has 0 aromatic rings. The summed E-state index contributed by atoms with van der Waals surface area (Å²) in [4.78, 5) is 42.9. The van der Waals surface area contributed by atoms with Crippen LogP contribution in [0.25, 0.3) is 0 Å². The van der Waals surface area contributed by atoms with Gasteiger partial charge in [-0.2, -0.15) is 0 Å². The van der Waals surface area contributed by atoms with Crippen molar-refractivity contribution in [1.29, 1.82) is 0 Å². The molecule has 112 valence electrons. The summed E-state index contributed by atoms with van der Waals surface area (Å²) in [5.74, 6) is -1.98. The van der Waals surface area contributed by atoms with E-state index in [2.05, 4.69) is 6.92 Å². The van der Waals surface area contributed by atoms with Crippen LogP contribution < -0.4 is 5.73 Å². The molecule has 0 atom stereocenters. The second-order valence-electron chi connectivity index (χ2n) is 4.23. The normalized spacial score (nSPS) is 13.2. The maximum atomic E-state index is 10.9. The highest BCUT2D eigenvalue weighted by molar-refractivity contribution is 6.13. The monoisotopic (exact) mass is 284 g/mol. The van der Waals surface area contributed by atoms with Crippen molar-refractivity contribution < 1.29 is 24.3 Å². The van der Waals surface area contributed by atoms with Crippen LogP contribution in [0, 0.1) is 0 Å². The molecule has 0 unspecified atom stereocenters. The summed E-state index contributed by atoms with van der Waals surface area (Å²) in [6.45, 7) is 2.13. The molecule has 3 N–H and O–H groups in total. The van der Waals surface area contributed by atoms with Gasteiger partial charge in [0, 0.05) is 31.5 Å². The molecule has 7 heteroatoms. The summed E-state index contributed by atoms with van der Waals surface area (Å²) >= 11 is 0. The number of nitrogens with two attached hydrogens (primary N) is 1. The number of imide groups is 1. The summed E-state index contributed by atoms with van der Waals surface area (Å²) < 4.78 is 0.